The van der Waals surface area contributed by atoms with Crippen LogP contribution in [0.4, 0.5) is 0 Å². The van der Waals surface area contributed by atoms with Crippen molar-refractivity contribution in [1.29, 1.82) is 0 Å². The maximum Gasteiger partial charge on any atom is 0.0242 e. The Bertz CT molecular complexity index is 396. The Morgan fingerprint density at radius 1 is 1.15 bits per heavy atom. The first-order valence-corrected chi connectivity index (χ1v) is 7.69. The molecule has 0 aliphatic rings. The SMILES string of the molecule is C=CCN(Cc1ccccc1CCNC(C)C)C(C)C. The van der Waals surface area contributed by atoms with Crippen LogP contribution in [-0.4, -0.2) is 30.1 Å². The lowest BCUT2D eigenvalue weighted by atomic mass is 10.0. The number of nitrogens with one attached hydrogen (secondary N) is 1. The molecule has 112 valence electrons. The first-order valence-electron chi connectivity index (χ1n) is 7.69. The van der Waals surface area contributed by atoms with Gasteiger partial charge in [0.1, 0.15) is 0 Å². The van der Waals surface area contributed by atoms with E-state index in [1.165, 1.54) is 11.1 Å². The Labute approximate surface area is 124 Å². The summed E-state index contributed by atoms with van der Waals surface area (Å²) in [7, 11) is 0. The predicted molar refractivity (Wildman–Crippen MR) is 89.0 cm³/mol. The van der Waals surface area contributed by atoms with Crippen molar-refractivity contribution < 1.29 is 0 Å². The molecule has 0 heterocycles. The lowest BCUT2D eigenvalue weighted by Crippen LogP contribution is -2.31. The molecule has 2 heteroatoms. The number of benzene rings is 1. The van der Waals surface area contributed by atoms with Gasteiger partial charge >= 0.3 is 0 Å². The van der Waals surface area contributed by atoms with Crippen molar-refractivity contribution in [1.82, 2.24) is 10.2 Å². The van der Waals surface area contributed by atoms with Crippen LogP contribution in [0.1, 0.15) is 38.8 Å². The van der Waals surface area contributed by atoms with Crippen molar-refractivity contribution in [3.8, 4) is 0 Å². The van der Waals surface area contributed by atoms with Gasteiger partial charge in [-0.15, -0.1) is 6.58 Å². The van der Waals surface area contributed by atoms with Crippen LogP contribution in [0.3, 0.4) is 0 Å². The van der Waals surface area contributed by atoms with Crippen molar-refractivity contribution in [2.24, 2.45) is 0 Å². The van der Waals surface area contributed by atoms with Gasteiger partial charge in [0.05, 0.1) is 0 Å². The van der Waals surface area contributed by atoms with Gasteiger partial charge in [-0.05, 0) is 37.9 Å². The molecule has 0 aliphatic carbocycles. The minimum atomic E-state index is 0.537. The molecule has 0 saturated carbocycles. The molecule has 0 fully saturated rings. The Morgan fingerprint density at radius 2 is 1.80 bits per heavy atom. The van der Waals surface area contributed by atoms with E-state index in [1.807, 2.05) is 6.08 Å². The Hall–Kier alpha value is -1.12. The van der Waals surface area contributed by atoms with Crippen LogP contribution in [0, 0.1) is 0 Å². The largest absolute Gasteiger partial charge is 0.314 e. The second kappa shape index (κ2) is 8.93. The monoisotopic (exact) mass is 274 g/mol. The second-order valence-electron chi connectivity index (χ2n) is 5.94. The van der Waals surface area contributed by atoms with E-state index >= 15 is 0 Å². The molecular weight excluding hydrogens is 244 g/mol. The molecule has 20 heavy (non-hydrogen) atoms. The molecule has 0 spiro atoms. The molecule has 0 radical (unpaired) electrons. The highest BCUT2D eigenvalue weighted by molar-refractivity contribution is 5.27. The topological polar surface area (TPSA) is 15.3 Å². The molecule has 2 nitrogen and oxygen atoms in total. The summed E-state index contributed by atoms with van der Waals surface area (Å²) < 4.78 is 0. The lowest BCUT2D eigenvalue weighted by molar-refractivity contribution is 0.236. The lowest BCUT2D eigenvalue weighted by Gasteiger charge is -2.26. The molecule has 0 atom stereocenters. The summed E-state index contributed by atoms with van der Waals surface area (Å²) in [4.78, 5) is 2.45. The quantitative estimate of drug-likeness (QED) is 0.692. The summed E-state index contributed by atoms with van der Waals surface area (Å²) in [5, 5.41) is 3.49. The molecule has 1 rings (SSSR count). The van der Waals surface area contributed by atoms with Gasteiger partial charge in [-0.1, -0.05) is 44.2 Å². The molecule has 0 saturated heterocycles. The van der Waals surface area contributed by atoms with Crippen LogP contribution in [0.15, 0.2) is 36.9 Å². The van der Waals surface area contributed by atoms with E-state index in [0.717, 1.165) is 26.1 Å². The van der Waals surface area contributed by atoms with Crippen LogP contribution >= 0.6 is 0 Å². The first kappa shape index (κ1) is 16.9. The van der Waals surface area contributed by atoms with Gasteiger partial charge in [0.15, 0.2) is 0 Å². The summed E-state index contributed by atoms with van der Waals surface area (Å²) in [6.07, 6.45) is 3.08. The molecule has 0 aromatic heterocycles. The van der Waals surface area contributed by atoms with Crippen molar-refractivity contribution in [3.05, 3.63) is 48.0 Å². The number of hydrogen-bond donors (Lipinski definition) is 1. The van der Waals surface area contributed by atoms with E-state index in [2.05, 4.69) is 68.8 Å². The summed E-state index contributed by atoms with van der Waals surface area (Å²) in [6.45, 7) is 15.7. The number of rotatable bonds is 9. The van der Waals surface area contributed by atoms with E-state index in [0.29, 0.717) is 12.1 Å². The van der Waals surface area contributed by atoms with Gasteiger partial charge in [-0.3, -0.25) is 4.90 Å². The average Bonchev–Trinajstić information content (AvgIpc) is 2.39. The van der Waals surface area contributed by atoms with Crippen molar-refractivity contribution >= 4 is 0 Å². The average molecular weight is 274 g/mol. The van der Waals surface area contributed by atoms with Gasteiger partial charge < -0.3 is 5.32 Å². The van der Waals surface area contributed by atoms with Crippen LogP contribution in [0.5, 0.6) is 0 Å². The maximum atomic E-state index is 3.86. The van der Waals surface area contributed by atoms with Crippen molar-refractivity contribution in [2.75, 3.05) is 13.1 Å². The zero-order valence-corrected chi connectivity index (χ0v) is 13.5. The maximum absolute atomic E-state index is 3.86. The zero-order valence-electron chi connectivity index (χ0n) is 13.5. The van der Waals surface area contributed by atoms with Crippen LogP contribution in [0.2, 0.25) is 0 Å². The Morgan fingerprint density at radius 3 is 2.35 bits per heavy atom. The van der Waals surface area contributed by atoms with E-state index in [4.69, 9.17) is 0 Å². The van der Waals surface area contributed by atoms with Crippen LogP contribution < -0.4 is 5.32 Å². The van der Waals surface area contributed by atoms with Gasteiger partial charge in [0.2, 0.25) is 0 Å². The third kappa shape index (κ3) is 5.89. The minimum absolute atomic E-state index is 0.537. The zero-order chi connectivity index (χ0) is 15.0. The third-order valence-corrected chi connectivity index (χ3v) is 3.53. The van der Waals surface area contributed by atoms with E-state index < -0.39 is 0 Å². The highest BCUT2D eigenvalue weighted by atomic mass is 15.1. The fraction of sp³-hybridized carbons (Fsp3) is 0.556. The molecule has 0 aliphatic heterocycles. The summed E-state index contributed by atoms with van der Waals surface area (Å²) in [5.74, 6) is 0. The molecular formula is C18H30N2. The standard InChI is InChI=1S/C18H30N2/c1-6-13-20(16(4)5)14-18-10-8-7-9-17(18)11-12-19-15(2)3/h6-10,15-16,19H,1,11-14H2,2-5H3. The fourth-order valence-electron chi connectivity index (χ4n) is 2.29. The van der Waals surface area contributed by atoms with E-state index in [9.17, 15) is 0 Å². The van der Waals surface area contributed by atoms with Crippen molar-refractivity contribution in [3.63, 3.8) is 0 Å². The fourth-order valence-corrected chi connectivity index (χ4v) is 2.29. The van der Waals surface area contributed by atoms with Crippen LogP contribution in [-0.2, 0) is 13.0 Å². The normalized spacial score (nSPS) is 11.6. The minimum Gasteiger partial charge on any atom is -0.314 e. The first-order chi connectivity index (χ1) is 9.54. The summed E-state index contributed by atoms with van der Waals surface area (Å²) in [6, 6.07) is 9.88. The van der Waals surface area contributed by atoms with Gasteiger partial charge in [0.25, 0.3) is 0 Å². The molecule has 1 aromatic rings. The molecule has 1 N–H and O–H groups in total. The predicted octanol–water partition coefficient (Wildman–Crippen LogP) is 3.62. The molecule has 0 unspecified atom stereocenters. The summed E-state index contributed by atoms with van der Waals surface area (Å²) in [5.41, 5.74) is 2.89. The van der Waals surface area contributed by atoms with E-state index in [-0.39, 0.29) is 0 Å². The van der Waals surface area contributed by atoms with Crippen molar-refractivity contribution in [2.45, 2.75) is 52.7 Å². The molecule has 1 aromatic carbocycles. The smallest absolute Gasteiger partial charge is 0.0242 e. The Balaban J connectivity index is 2.70. The second-order valence-corrected chi connectivity index (χ2v) is 5.94. The highest BCUT2D eigenvalue weighted by Gasteiger charge is 2.10. The molecule has 0 amide bonds. The van der Waals surface area contributed by atoms with Gasteiger partial charge in [0, 0.05) is 25.2 Å². The van der Waals surface area contributed by atoms with E-state index in [1.54, 1.807) is 0 Å². The Kier molecular flexibility index (Phi) is 7.56. The highest BCUT2D eigenvalue weighted by Crippen LogP contribution is 2.14. The summed E-state index contributed by atoms with van der Waals surface area (Å²) >= 11 is 0. The molecule has 0 bridgehead atoms. The van der Waals surface area contributed by atoms with Crippen LogP contribution in [0.25, 0.3) is 0 Å². The third-order valence-electron chi connectivity index (χ3n) is 3.53. The van der Waals surface area contributed by atoms with Gasteiger partial charge in [-0.2, -0.15) is 0 Å². The number of nitrogens with zero attached hydrogens (tertiary/aromatic N) is 1. The number of hydrogen-bond acceptors (Lipinski definition) is 2. The van der Waals surface area contributed by atoms with Gasteiger partial charge in [-0.25, -0.2) is 0 Å².